The van der Waals surface area contributed by atoms with Crippen molar-refractivity contribution in [1.29, 1.82) is 0 Å². The Bertz CT molecular complexity index is 1780. The molecule has 0 aliphatic rings. The van der Waals surface area contributed by atoms with Gasteiger partial charge in [0.15, 0.2) is 0 Å². The van der Waals surface area contributed by atoms with Crippen molar-refractivity contribution in [2.24, 2.45) is 0 Å². The minimum atomic E-state index is -4.03. The quantitative estimate of drug-likeness (QED) is 0.361. The van der Waals surface area contributed by atoms with E-state index in [0.717, 1.165) is 5.69 Å². The number of nitrogens with one attached hydrogen (secondary N) is 1. The fourth-order valence-electron chi connectivity index (χ4n) is 3.65. The molecule has 0 saturated heterocycles. The van der Waals surface area contributed by atoms with E-state index in [0.29, 0.717) is 22.5 Å². The Hall–Kier alpha value is -4.22. The first-order valence-corrected chi connectivity index (χ1v) is 12.5. The number of rotatable bonds is 6. The van der Waals surface area contributed by atoms with E-state index in [9.17, 15) is 13.2 Å². The molecule has 5 rings (SSSR count). The van der Waals surface area contributed by atoms with Gasteiger partial charge in [0, 0.05) is 29.7 Å². The average Bonchev–Trinajstić information content (AvgIpc) is 3.30. The Balaban J connectivity index is 1.58. The molecule has 10 nitrogen and oxygen atoms in total. The maximum Gasteiger partial charge on any atom is 0.283 e. The van der Waals surface area contributed by atoms with Gasteiger partial charge < -0.3 is 4.74 Å². The highest BCUT2D eigenvalue weighted by atomic mass is 35.5. The Labute approximate surface area is 210 Å². The minimum absolute atomic E-state index is 0.0744. The predicted octanol–water partition coefficient (Wildman–Crippen LogP) is 3.71. The van der Waals surface area contributed by atoms with Crippen molar-refractivity contribution in [1.82, 2.24) is 24.1 Å². The van der Waals surface area contributed by atoms with Gasteiger partial charge in [-0.2, -0.15) is 5.10 Å². The van der Waals surface area contributed by atoms with Crippen LogP contribution in [0.5, 0.6) is 5.88 Å². The van der Waals surface area contributed by atoms with Crippen LogP contribution in [0.2, 0.25) is 5.02 Å². The SMILES string of the molecule is COc1ncc(-c2ccc3ncc(-n4ccc(C)n4)c(=O)n3c2)cc1NS(=O)(=O)c1ccccc1Cl. The van der Waals surface area contributed by atoms with Gasteiger partial charge in [0.25, 0.3) is 15.6 Å². The van der Waals surface area contributed by atoms with E-state index >= 15 is 0 Å². The van der Waals surface area contributed by atoms with Crippen molar-refractivity contribution >= 4 is 33.0 Å². The lowest BCUT2D eigenvalue weighted by Gasteiger charge is -2.14. The zero-order chi connectivity index (χ0) is 25.4. The fourth-order valence-corrected chi connectivity index (χ4v) is 5.22. The normalized spacial score (nSPS) is 11.5. The number of methoxy groups -OCH3 is 1. The van der Waals surface area contributed by atoms with E-state index in [4.69, 9.17) is 16.3 Å². The van der Waals surface area contributed by atoms with E-state index in [-0.39, 0.29) is 27.0 Å². The number of halogens is 1. The Morgan fingerprint density at radius 2 is 1.83 bits per heavy atom. The molecule has 12 heteroatoms. The molecular weight excluding hydrogens is 504 g/mol. The van der Waals surface area contributed by atoms with Crippen molar-refractivity contribution in [2.75, 3.05) is 11.8 Å². The Kier molecular flexibility index (Phi) is 5.94. The third-order valence-electron chi connectivity index (χ3n) is 5.40. The highest BCUT2D eigenvalue weighted by Gasteiger charge is 2.21. The maximum atomic E-state index is 13.2. The summed E-state index contributed by atoms with van der Waals surface area (Å²) in [5.41, 5.74) is 2.45. The molecule has 0 saturated carbocycles. The van der Waals surface area contributed by atoms with Gasteiger partial charge in [0.2, 0.25) is 5.88 Å². The Morgan fingerprint density at radius 3 is 2.56 bits per heavy atom. The molecule has 0 radical (unpaired) electrons. The van der Waals surface area contributed by atoms with Gasteiger partial charge in [-0.15, -0.1) is 0 Å². The number of ether oxygens (including phenoxy) is 1. The van der Waals surface area contributed by atoms with Gasteiger partial charge >= 0.3 is 0 Å². The summed E-state index contributed by atoms with van der Waals surface area (Å²) in [4.78, 5) is 21.7. The Morgan fingerprint density at radius 1 is 1.03 bits per heavy atom. The largest absolute Gasteiger partial charge is 0.480 e. The van der Waals surface area contributed by atoms with Crippen LogP contribution in [0.4, 0.5) is 5.69 Å². The number of sulfonamides is 1. The van der Waals surface area contributed by atoms with Crippen molar-refractivity contribution in [3.05, 3.63) is 94.4 Å². The molecular formula is C24H19ClN6O4S. The van der Waals surface area contributed by atoms with Gasteiger partial charge in [-0.25, -0.2) is 23.1 Å². The molecule has 0 bridgehead atoms. The first-order chi connectivity index (χ1) is 17.3. The molecule has 1 N–H and O–H groups in total. The molecule has 0 aliphatic carbocycles. The third kappa shape index (κ3) is 4.30. The molecule has 0 atom stereocenters. The number of hydrogen-bond donors (Lipinski definition) is 1. The topological polar surface area (TPSA) is 120 Å². The summed E-state index contributed by atoms with van der Waals surface area (Å²) in [6.45, 7) is 1.83. The summed E-state index contributed by atoms with van der Waals surface area (Å²) in [7, 11) is -2.64. The second-order valence-electron chi connectivity index (χ2n) is 7.81. The van der Waals surface area contributed by atoms with Crippen LogP contribution < -0.4 is 15.0 Å². The molecule has 4 aromatic heterocycles. The number of hydrogen-bond acceptors (Lipinski definition) is 7. The van der Waals surface area contributed by atoms with Gasteiger partial charge in [0.05, 0.1) is 24.0 Å². The fraction of sp³-hybridized carbons (Fsp3) is 0.0833. The summed E-state index contributed by atoms with van der Waals surface area (Å²) >= 11 is 6.09. The lowest BCUT2D eigenvalue weighted by molar-refractivity contribution is 0.400. The van der Waals surface area contributed by atoms with Crippen LogP contribution in [0.3, 0.4) is 0 Å². The smallest absolute Gasteiger partial charge is 0.283 e. The minimum Gasteiger partial charge on any atom is -0.480 e. The standard InChI is InChI=1S/C24H19ClN6O4S/c1-15-9-10-31(28-15)20-13-26-22-8-7-16(14-30(22)24(20)32)17-11-19(23(35-2)27-12-17)29-36(33,34)21-6-4-3-5-18(21)25/h3-14,29H,1-2H3. The van der Waals surface area contributed by atoms with E-state index in [2.05, 4.69) is 19.8 Å². The number of aromatic nitrogens is 5. The average molecular weight is 523 g/mol. The van der Waals surface area contributed by atoms with Gasteiger partial charge in [-0.1, -0.05) is 23.7 Å². The molecule has 36 heavy (non-hydrogen) atoms. The van der Waals surface area contributed by atoms with Crippen LogP contribution in [-0.2, 0) is 10.0 Å². The highest BCUT2D eigenvalue weighted by Crippen LogP contribution is 2.31. The predicted molar refractivity (Wildman–Crippen MR) is 135 cm³/mol. The zero-order valence-electron chi connectivity index (χ0n) is 19.1. The van der Waals surface area contributed by atoms with E-state index in [1.807, 2.05) is 6.92 Å². The van der Waals surface area contributed by atoms with Crippen LogP contribution in [0.25, 0.3) is 22.5 Å². The van der Waals surface area contributed by atoms with Crippen LogP contribution in [0.15, 0.2) is 83.0 Å². The second kappa shape index (κ2) is 9.10. The third-order valence-corrected chi connectivity index (χ3v) is 7.27. The lowest BCUT2D eigenvalue weighted by atomic mass is 10.1. The molecule has 0 spiro atoms. The zero-order valence-corrected chi connectivity index (χ0v) is 20.7. The monoisotopic (exact) mass is 522 g/mol. The first-order valence-electron chi connectivity index (χ1n) is 10.6. The number of anilines is 1. The van der Waals surface area contributed by atoms with E-state index < -0.39 is 10.0 Å². The number of fused-ring (bicyclic) bond motifs is 1. The summed E-state index contributed by atoms with van der Waals surface area (Å²) in [5, 5.41) is 4.37. The molecule has 0 aliphatic heterocycles. The van der Waals surface area contributed by atoms with Crippen LogP contribution in [0, 0.1) is 6.92 Å². The van der Waals surface area contributed by atoms with Crippen LogP contribution in [-0.4, -0.2) is 39.7 Å². The molecule has 1 aromatic carbocycles. The summed E-state index contributed by atoms with van der Waals surface area (Å²) in [5.74, 6) is 0.0744. The van der Waals surface area contributed by atoms with Crippen molar-refractivity contribution in [3.8, 4) is 22.7 Å². The molecule has 0 fully saturated rings. The summed E-state index contributed by atoms with van der Waals surface area (Å²) < 4.78 is 36.6. The van der Waals surface area contributed by atoms with Gasteiger partial charge in [-0.05, 0) is 43.3 Å². The van der Waals surface area contributed by atoms with Crippen molar-refractivity contribution in [3.63, 3.8) is 0 Å². The number of benzene rings is 1. The maximum absolute atomic E-state index is 13.2. The lowest BCUT2D eigenvalue weighted by Crippen LogP contribution is -2.21. The van der Waals surface area contributed by atoms with Gasteiger partial charge in [-0.3, -0.25) is 13.9 Å². The van der Waals surface area contributed by atoms with Gasteiger partial charge in [0.1, 0.15) is 21.9 Å². The summed E-state index contributed by atoms with van der Waals surface area (Å²) in [6, 6.07) is 12.9. The number of nitrogens with zero attached hydrogens (tertiary/aromatic N) is 5. The van der Waals surface area contributed by atoms with Crippen LogP contribution >= 0.6 is 11.6 Å². The summed E-state index contributed by atoms with van der Waals surface area (Å²) in [6.07, 6.45) is 6.29. The number of aryl methyl sites for hydroxylation is 1. The second-order valence-corrected chi connectivity index (χ2v) is 9.87. The number of pyridine rings is 2. The van der Waals surface area contributed by atoms with E-state index in [1.165, 1.54) is 40.7 Å². The first kappa shape index (κ1) is 23.5. The van der Waals surface area contributed by atoms with Crippen molar-refractivity contribution < 1.29 is 13.2 Å². The molecule has 0 unspecified atom stereocenters. The molecule has 4 heterocycles. The highest BCUT2D eigenvalue weighted by molar-refractivity contribution is 7.92. The molecule has 5 aromatic rings. The van der Waals surface area contributed by atoms with E-state index in [1.54, 1.807) is 48.8 Å². The molecule has 0 amide bonds. The molecule has 182 valence electrons. The van der Waals surface area contributed by atoms with Crippen LogP contribution in [0.1, 0.15) is 5.69 Å². The van der Waals surface area contributed by atoms with Crippen molar-refractivity contribution in [2.45, 2.75) is 11.8 Å².